The molecule has 2 unspecified atom stereocenters. The molecule has 7 nitrogen and oxygen atoms in total. The number of hydrogen-bond acceptors (Lipinski definition) is 5. The van der Waals surface area contributed by atoms with Crippen molar-refractivity contribution < 1.29 is 29.3 Å². The number of carbonyl (C=O) groups excluding carboxylic acids is 1. The Labute approximate surface area is 227 Å². The number of hydrogen-bond donors (Lipinski definition) is 2. The van der Waals surface area contributed by atoms with Gasteiger partial charge >= 0.3 is 5.97 Å². The molecule has 0 aliphatic carbocycles. The molecular weight excluding hydrogens is 482 g/mol. The predicted molar refractivity (Wildman–Crippen MR) is 150 cm³/mol. The van der Waals surface area contributed by atoms with Crippen molar-refractivity contribution in [3.63, 3.8) is 0 Å². The number of aliphatic hydroxyl groups excluding tert-OH is 1. The molecule has 2 aromatic rings. The molecule has 0 aliphatic heterocycles. The van der Waals surface area contributed by atoms with E-state index in [0.29, 0.717) is 19.4 Å². The number of unbranched alkanes of at least 4 members (excludes halogenated alkanes) is 3. The van der Waals surface area contributed by atoms with E-state index in [1.807, 2.05) is 31.2 Å². The number of aliphatic carboxylic acids is 1. The van der Waals surface area contributed by atoms with E-state index in [1.165, 1.54) is 21.6 Å². The number of methoxy groups -OCH3 is 1. The Morgan fingerprint density at radius 3 is 2.45 bits per heavy atom. The maximum atomic E-state index is 12.9. The van der Waals surface area contributed by atoms with Crippen molar-refractivity contribution in [1.82, 2.24) is 4.90 Å². The van der Waals surface area contributed by atoms with Gasteiger partial charge in [-0.1, -0.05) is 48.9 Å². The summed E-state index contributed by atoms with van der Waals surface area (Å²) in [4.78, 5) is 25.8. The number of nitrogens with zero attached hydrogens (tertiary/aromatic N) is 1. The van der Waals surface area contributed by atoms with E-state index in [9.17, 15) is 19.8 Å². The molecule has 0 aliphatic rings. The van der Waals surface area contributed by atoms with Crippen molar-refractivity contribution in [3.8, 4) is 5.75 Å². The second-order valence-corrected chi connectivity index (χ2v) is 9.79. The lowest BCUT2D eigenvalue weighted by Crippen LogP contribution is -2.48. The number of ether oxygens (including phenoxy) is 2. The molecular formula is C31H43NO6. The number of carboxylic acid groups (broad SMARTS) is 1. The summed E-state index contributed by atoms with van der Waals surface area (Å²) in [5.41, 5.74) is 5.95. The third-order valence-electron chi connectivity index (χ3n) is 6.82. The van der Waals surface area contributed by atoms with E-state index >= 15 is 0 Å². The van der Waals surface area contributed by atoms with Crippen molar-refractivity contribution in [3.05, 3.63) is 70.8 Å². The summed E-state index contributed by atoms with van der Waals surface area (Å²) >= 11 is 0. The Morgan fingerprint density at radius 1 is 1.03 bits per heavy atom. The van der Waals surface area contributed by atoms with Crippen LogP contribution in [0.3, 0.4) is 0 Å². The van der Waals surface area contributed by atoms with Crippen LogP contribution in [0.25, 0.3) is 5.57 Å². The zero-order valence-electron chi connectivity index (χ0n) is 23.4. The number of likely N-dealkylation sites (N-methyl/N-ethyl adjacent to an activating group) is 1. The first-order chi connectivity index (χ1) is 18.1. The van der Waals surface area contributed by atoms with Crippen LogP contribution in [-0.4, -0.2) is 66.5 Å². The number of carbonyl (C=O) groups is 2. The number of allylic oxidation sites excluding steroid dienone is 2. The summed E-state index contributed by atoms with van der Waals surface area (Å²) in [7, 11) is 3.25. The number of para-hydroxylation sites is 1. The molecule has 0 radical (unpaired) electrons. The van der Waals surface area contributed by atoms with Crippen molar-refractivity contribution in [2.45, 2.75) is 71.5 Å². The summed E-state index contributed by atoms with van der Waals surface area (Å²) in [5.74, 6) is -1.19. The van der Waals surface area contributed by atoms with Crippen LogP contribution in [0.4, 0.5) is 0 Å². The van der Waals surface area contributed by atoms with Gasteiger partial charge in [0, 0.05) is 25.8 Å². The van der Waals surface area contributed by atoms with Crippen LogP contribution in [0.15, 0.2) is 48.5 Å². The molecule has 0 fully saturated rings. The average molecular weight is 526 g/mol. The minimum Gasteiger partial charge on any atom is -0.496 e. The fourth-order valence-electron chi connectivity index (χ4n) is 4.26. The standard InChI is InChI=1S/C31H43NO6/c1-22-17-18-25(21-24(22)3)14-7-6-12-20-38-29(28(33)31(35)36)30(34)32(4)19-11-10-13-23(2)26-15-8-9-16-27(26)37-5/h8-9,13,15-18,21,28-29,33H,6-7,10-12,14,19-20H2,1-5H3,(H,35,36). The Bertz CT molecular complexity index is 1080. The zero-order valence-corrected chi connectivity index (χ0v) is 23.4. The smallest absolute Gasteiger partial charge is 0.335 e. The van der Waals surface area contributed by atoms with Crippen LogP contribution in [0.5, 0.6) is 5.75 Å². The van der Waals surface area contributed by atoms with E-state index in [2.05, 4.69) is 38.1 Å². The van der Waals surface area contributed by atoms with Gasteiger partial charge in [0.25, 0.3) is 5.91 Å². The lowest BCUT2D eigenvalue weighted by Gasteiger charge is -2.25. The fourth-order valence-corrected chi connectivity index (χ4v) is 4.26. The zero-order chi connectivity index (χ0) is 28.1. The SMILES string of the molecule is COc1ccccc1C(C)=CCCCN(C)C(=O)C(OCCCCCc1ccc(C)c(C)c1)C(O)C(=O)O. The van der Waals surface area contributed by atoms with Gasteiger partial charge in [-0.3, -0.25) is 4.79 Å². The van der Waals surface area contributed by atoms with E-state index in [4.69, 9.17) is 9.47 Å². The highest BCUT2D eigenvalue weighted by atomic mass is 16.5. The molecule has 1 amide bonds. The quantitative estimate of drug-likeness (QED) is 0.293. The van der Waals surface area contributed by atoms with Crippen LogP contribution in [0.1, 0.15) is 61.3 Å². The molecule has 38 heavy (non-hydrogen) atoms. The van der Waals surface area contributed by atoms with Crippen molar-refractivity contribution in [1.29, 1.82) is 0 Å². The molecule has 2 rings (SSSR count). The largest absolute Gasteiger partial charge is 0.496 e. The number of amides is 1. The molecule has 0 aromatic heterocycles. The highest BCUT2D eigenvalue weighted by Gasteiger charge is 2.34. The monoisotopic (exact) mass is 525 g/mol. The van der Waals surface area contributed by atoms with Gasteiger partial charge in [0.1, 0.15) is 5.75 Å². The molecule has 0 bridgehead atoms. The third kappa shape index (κ3) is 9.62. The van der Waals surface area contributed by atoms with Gasteiger partial charge in [-0.05, 0) is 81.2 Å². The van der Waals surface area contributed by atoms with Crippen LogP contribution in [0.2, 0.25) is 0 Å². The molecule has 0 spiro atoms. The van der Waals surface area contributed by atoms with Gasteiger partial charge in [0.05, 0.1) is 7.11 Å². The molecule has 2 atom stereocenters. The van der Waals surface area contributed by atoms with Gasteiger partial charge in [0.2, 0.25) is 0 Å². The number of rotatable bonds is 16. The summed E-state index contributed by atoms with van der Waals surface area (Å²) in [5, 5.41) is 19.4. The topological polar surface area (TPSA) is 96.3 Å². The van der Waals surface area contributed by atoms with E-state index in [-0.39, 0.29) is 6.61 Å². The van der Waals surface area contributed by atoms with E-state index in [0.717, 1.165) is 42.6 Å². The van der Waals surface area contributed by atoms with E-state index < -0.39 is 24.1 Å². The average Bonchev–Trinajstić information content (AvgIpc) is 2.91. The molecule has 7 heteroatoms. The normalized spacial score (nSPS) is 13.2. The Kier molecular flexibility index (Phi) is 13.0. The van der Waals surface area contributed by atoms with Gasteiger partial charge in [-0.15, -0.1) is 0 Å². The minimum absolute atomic E-state index is 0.211. The van der Waals surface area contributed by atoms with Crippen LogP contribution >= 0.6 is 0 Å². The molecule has 2 aromatic carbocycles. The van der Waals surface area contributed by atoms with Gasteiger partial charge in [-0.2, -0.15) is 0 Å². The molecule has 208 valence electrons. The van der Waals surface area contributed by atoms with Gasteiger partial charge < -0.3 is 24.6 Å². The molecule has 2 N–H and O–H groups in total. The first-order valence-corrected chi connectivity index (χ1v) is 13.3. The number of benzene rings is 2. The Balaban J connectivity index is 1.81. The molecule has 0 saturated heterocycles. The first kappa shape index (κ1) is 31.1. The third-order valence-corrected chi connectivity index (χ3v) is 6.82. The summed E-state index contributed by atoms with van der Waals surface area (Å²) in [6.07, 6.45) is 3.65. The highest BCUT2D eigenvalue weighted by Crippen LogP contribution is 2.25. The van der Waals surface area contributed by atoms with Crippen molar-refractivity contribution >= 4 is 17.4 Å². The second kappa shape index (κ2) is 15.9. The summed E-state index contributed by atoms with van der Waals surface area (Å²) in [6.45, 7) is 6.84. The molecule has 0 saturated carbocycles. The van der Waals surface area contributed by atoms with Gasteiger partial charge in [0.15, 0.2) is 12.2 Å². The Hall–Kier alpha value is -3.16. The highest BCUT2D eigenvalue weighted by molar-refractivity contribution is 5.87. The van der Waals surface area contributed by atoms with Crippen LogP contribution in [0, 0.1) is 13.8 Å². The van der Waals surface area contributed by atoms with Crippen molar-refractivity contribution in [2.24, 2.45) is 0 Å². The molecule has 0 heterocycles. The number of aliphatic hydroxyl groups is 1. The fraction of sp³-hybridized carbons (Fsp3) is 0.484. The van der Waals surface area contributed by atoms with Gasteiger partial charge in [-0.25, -0.2) is 4.79 Å². The summed E-state index contributed by atoms with van der Waals surface area (Å²) < 4.78 is 11.0. The Morgan fingerprint density at radius 2 is 1.76 bits per heavy atom. The lowest BCUT2D eigenvalue weighted by molar-refractivity contribution is -0.166. The van der Waals surface area contributed by atoms with Crippen molar-refractivity contribution in [2.75, 3.05) is 27.3 Å². The predicted octanol–water partition coefficient (Wildman–Crippen LogP) is 5.20. The first-order valence-electron chi connectivity index (χ1n) is 13.3. The lowest BCUT2D eigenvalue weighted by atomic mass is 10.0. The summed E-state index contributed by atoms with van der Waals surface area (Å²) in [6, 6.07) is 14.3. The van der Waals surface area contributed by atoms with E-state index in [1.54, 1.807) is 14.2 Å². The second-order valence-electron chi connectivity index (χ2n) is 9.79. The number of carboxylic acids is 1. The minimum atomic E-state index is -1.91. The number of aryl methyl sites for hydroxylation is 3. The van der Waals surface area contributed by atoms with Crippen LogP contribution < -0.4 is 4.74 Å². The van der Waals surface area contributed by atoms with Crippen LogP contribution in [-0.2, 0) is 20.7 Å². The maximum Gasteiger partial charge on any atom is 0.335 e. The maximum absolute atomic E-state index is 12.9.